The summed E-state index contributed by atoms with van der Waals surface area (Å²) in [7, 11) is 0. The lowest BCUT2D eigenvalue weighted by molar-refractivity contribution is -0.134. The van der Waals surface area contributed by atoms with E-state index in [1.165, 1.54) is 4.90 Å². The number of benzene rings is 1. The SMILES string of the molecule is CCC(C)CC(CC)C(=O)N1C(=O)OC(c2ccccc2)C1C. The van der Waals surface area contributed by atoms with Gasteiger partial charge in [0.05, 0.1) is 6.04 Å². The summed E-state index contributed by atoms with van der Waals surface area (Å²) >= 11 is 0. The molecule has 1 aliphatic rings. The number of hydrogen-bond acceptors (Lipinski definition) is 3. The highest BCUT2D eigenvalue weighted by atomic mass is 16.6. The Morgan fingerprint density at radius 1 is 1.22 bits per heavy atom. The molecule has 2 rings (SSSR count). The maximum Gasteiger partial charge on any atom is 0.417 e. The zero-order valence-corrected chi connectivity index (χ0v) is 14.5. The molecule has 0 N–H and O–H groups in total. The van der Waals surface area contributed by atoms with Crippen LogP contribution in [0.2, 0.25) is 0 Å². The summed E-state index contributed by atoms with van der Waals surface area (Å²) < 4.78 is 5.49. The fourth-order valence-corrected chi connectivity index (χ4v) is 3.14. The highest BCUT2D eigenvalue weighted by molar-refractivity contribution is 5.95. The van der Waals surface area contributed by atoms with E-state index in [0.29, 0.717) is 5.92 Å². The van der Waals surface area contributed by atoms with Gasteiger partial charge in [0.25, 0.3) is 0 Å². The molecule has 2 amide bonds. The van der Waals surface area contributed by atoms with Crippen molar-refractivity contribution in [3.63, 3.8) is 0 Å². The average Bonchev–Trinajstić information content (AvgIpc) is 2.87. The van der Waals surface area contributed by atoms with Crippen molar-refractivity contribution in [3.05, 3.63) is 35.9 Å². The maximum absolute atomic E-state index is 12.9. The Labute approximate surface area is 138 Å². The molecule has 1 aliphatic heterocycles. The molecule has 1 fully saturated rings. The van der Waals surface area contributed by atoms with Gasteiger partial charge in [0.2, 0.25) is 5.91 Å². The van der Waals surface area contributed by atoms with Gasteiger partial charge in [0.15, 0.2) is 0 Å². The standard InChI is InChI=1S/C19H27NO3/c1-5-13(3)12-15(6-2)18(21)20-14(4)17(23-19(20)22)16-10-8-7-9-11-16/h7-11,13-15,17H,5-6,12H2,1-4H3. The predicted octanol–water partition coefficient (Wildman–Crippen LogP) is 4.56. The smallest absolute Gasteiger partial charge is 0.417 e. The third-order valence-electron chi connectivity index (χ3n) is 4.86. The van der Waals surface area contributed by atoms with Crippen LogP contribution in [0.25, 0.3) is 0 Å². The number of rotatable bonds is 6. The Bertz CT molecular complexity index is 543. The largest absolute Gasteiger partial charge is 0.439 e. The summed E-state index contributed by atoms with van der Waals surface area (Å²) in [6.07, 6.45) is 1.71. The van der Waals surface area contributed by atoms with Crippen LogP contribution < -0.4 is 0 Å². The Morgan fingerprint density at radius 3 is 2.43 bits per heavy atom. The zero-order chi connectivity index (χ0) is 17.0. The van der Waals surface area contributed by atoms with E-state index < -0.39 is 6.09 Å². The molecular formula is C19H27NO3. The lowest BCUT2D eigenvalue weighted by Gasteiger charge is -2.25. The first-order chi connectivity index (χ1) is 11.0. The lowest BCUT2D eigenvalue weighted by atomic mass is 9.90. The van der Waals surface area contributed by atoms with Gasteiger partial charge in [-0.15, -0.1) is 0 Å². The molecule has 126 valence electrons. The topological polar surface area (TPSA) is 46.6 Å². The number of amides is 2. The molecule has 0 aliphatic carbocycles. The molecule has 4 atom stereocenters. The molecular weight excluding hydrogens is 290 g/mol. The van der Waals surface area contributed by atoms with Crippen LogP contribution in [-0.2, 0) is 9.53 Å². The van der Waals surface area contributed by atoms with E-state index in [-0.39, 0.29) is 24.0 Å². The number of ether oxygens (including phenoxy) is 1. The minimum Gasteiger partial charge on any atom is -0.439 e. The monoisotopic (exact) mass is 317 g/mol. The fraction of sp³-hybridized carbons (Fsp3) is 0.579. The van der Waals surface area contributed by atoms with Gasteiger partial charge < -0.3 is 4.74 Å². The molecule has 0 saturated carbocycles. The van der Waals surface area contributed by atoms with Gasteiger partial charge in [-0.05, 0) is 31.2 Å². The van der Waals surface area contributed by atoms with E-state index in [1.54, 1.807) is 0 Å². The van der Waals surface area contributed by atoms with Crippen LogP contribution in [0.1, 0.15) is 58.6 Å². The molecule has 1 heterocycles. The predicted molar refractivity (Wildman–Crippen MR) is 89.8 cm³/mol. The second-order valence-corrected chi connectivity index (χ2v) is 6.52. The highest BCUT2D eigenvalue weighted by Crippen LogP contribution is 2.34. The number of carbonyl (C=O) groups is 2. The third kappa shape index (κ3) is 3.74. The van der Waals surface area contributed by atoms with Crippen molar-refractivity contribution in [1.29, 1.82) is 0 Å². The van der Waals surface area contributed by atoms with Gasteiger partial charge in [-0.1, -0.05) is 57.5 Å². The highest BCUT2D eigenvalue weighted by Gasteiger charge is 2.44. The van der Waals surface area contributed by atoms with Crippen molar-refractivity contribution in [3.8, 4) is 0 Å². The van der Waals surface area contributed by atoms with E-state index in [4.69, 9.17) is 4.74 Å². The van der Waals surface area contributed by atoms with Crippen LogP contribution in [-0.4, -0.2) is 22.9 Å². The molecule has 0 aromatic heterocycles. The quantitative estimate of drug-likeness (QED) is 0.773. The Hall–Kier alpha value is -1.84. The molecule has 23 heavy (non-hydrogen) atoms. The Balaban J connectivity index is 2.15. The van der Waals surface area contributed by atoms with Crippen molar-refractivity contribution in [2.45, 2.75) is 59.1 Å². The van der Waals surface area contributed by atoms with Crippen molar-refractivity contribution in [1.82, 2.24) is 4.90 Å². The first kappa shape index (κ1) is 17.5. The number of imide groups is 1. The number of cyclic esters (lactones) is 1. The van der Waals surface area contributed by atoms with Crippen LogP contribution >= 0.6 is 0 Å². The normalized spacial score (nSPS) is 23.5. The van der Waals surface area contributed by atoms with Crippen LogP contribution in [0.4, 0.5) is 4.79 Å². The van der Waals surface area contributed by atoms with E-state index in [0.717, 1.165) is 24.8 Å². The molecule has 4 nitrogen and oxygen atoms in total. The summed E-state index contributed by atoms with van der Waals surface area (Å²) in [6, 6.07) is 9.34. The van der Waals surface area contributed by atoms with Crippen LogP contribution in [0.5, 0.6) is 0 Å². The van der Waals surface area contributed by atoms with Crippen LogP contribution in [0.15, 0.2) is 30.3 Å². The molecule has 0 bridgehead atoms. The van der Waals surface area contributed by atoms with E-state index in [2.05, 4.69) is 13.8 Å². The van der Waals surface area contributed by atoms with E-state index in [1.807, 2.05) is 44.2 Å². The van der Waals surface area contributed by atoms with Gasteiger partial charge in [0.1, 0.15) is 6.10 Å². The second-order valence-electron chi connectivity index (χ2n) is 6.52. The summed E-state index contributed by atoms with van der Waals surface area (Å²) in [5.74, 6) is 0.265. The third-order valence-corrected chi connectivity index (χ3v) is 4.86. The van der Waals surface area contributed by atoms with Gasteiger partial charge in [-0.25, -0.2) is 9.69 Å². The first-order valence-electron chi connectivity index (χ1n) is 8.58. The van der Waals surface area contributed by atoms with Crippen molar-refractivity contribution < 1.29 is 14.3 Å². The lowest BCUT2D eigenvalue weighted by Crippen LogP contribution is -2.42. The minimum atomic E-state index is -0.515. The molecule has 4 heteroatoms. The van der Waals surface area contributed by atoms with Crippen molar-refractivity contribution >= 4 is 12.0 Å². The van der Waals surface area contributed by atoms with E-state index >= 15 is 0 Å². The van der Waals surface area contributed by atoms with Crippen LogP contribution in [0, 0.1) is 11.8 Å². The number of hydrogen-bond donors (Lipinski definition) is 0. The Kier molecular flexibility index (Phi) is 5.80. The maximum atomic E-state index is 12.9. The summed E-state index contributed by atoms with van der Waals surface area (Å²) in [6.45, 7) is 8.16. The van der Waals surface area contributed by atoms with E-state index in [9.17, 15) is 9.59 Å². The molecule has 1 aromatic carbocycles. The van der Waals surface area contributed by atoms with Crippen LogP contribution in [0.3, 0.4) is 0 Å². The van der Waals surface area contributed by atoms with Gasteiger partial charge >= 0.3 is 6.09 Å². The minimum absolute atomic E-state index is 0.0938. The summed E-state index contributed by atoms with van der Waals surface area (Å²) in [5.41, 5.74) is 0.929. The number of nitrogens with zero attached hydrogens (tertiary/aromatic N) is 1. The van der Waals surface area contributed by atoms with Gasteiger partial charge in [-0.3, -0.25) is 4.79 Å². The molecule has 1 aromatic rings. The number of carbonyl (C=O) groups excluding carboxylic acids is 2. The first-order valence-corrected chi connectivity index (χ1v) is 8.58. The summed E-state index contributed by atoms with van der Waals surface area (Å²) in [5, 5.41) is 0. The second kappa shape index (κ2) is 7.62. The average molecular weight is 317 g/mol. The molecule has 0 spiro atoms. The van der Waals surface area contributed by atoms with Crippen molar-refractivity contribution in [2.75, 3.05) is 0 Å². The van der Waals surface area contributed by atoms with Gasteiger partial charge in [0, 0.05) is 5.92 Å². The fourth-order valence-electron chi connectivity index (χ4n) is 3.14. The molecule has 0 radical (unpaired) electrons. The Morgan fingerprint density at radius 2 is 1.87 bits per heavy atom. The van der Waals surface area contributed by atoms with Gasteiger partial charge in [-0.2, -0.15) is 0 Å². The zero-order valence-electron chi connectivity index (χ0n) is 14.5. The van der Waals surface area contributed by atoms with Crippen molar-refractivity contribution in [2.24, 2.45) is 11.8 Å². The molecule has 4 unspecified atom stereocenters. The molecule has 1 saturated heterocycles. The summed E-state index contributed by atoms with van der Waals surface area (Å²) in [4.78, 5) is 26.4.